The minimum atomic E-state index is -0.422. The molecular weight excluding hydrogens is 164 g/mol. The van der Waals surface area contributed by atoms with Crippen LogP contribution in [-0.4, -0.2) is 15.3 Å². The average Bonchev–Trinajstić information content (AvgIpc) is 1.85. The first kappa shape index (κ1) is 7.65. The molecule has 0 aliphatic heterocycles. The smallest absolute Gasteiger partial charge is 0.252 e. The van der Waals surface area contributed by atoms with Crippen LogP contribution in [0.15, 0.2) is 21.9 Å². The van der Waals surface area contributed by atoms with Gasteiger partial charge in [-0.25, -0.2) is 0 Å². The summed E-state index contributed by atoms with van der Waals surface area (Å²) in [6.45, 7) is 0. The fourth-order valence-corrected chi connectivity index (χ4v) is 0.737. The molecule has 5 heteroatoms. The lowest BCUT2D eigenvalue weighted by atomic mass is 10.4. The summed E-state index contributed by atoms with van der Waals surface area (Å²) in [4.78, 5) is 16.3. The van der Waals surface area contributed by atoms with Gasteiger partial charge in [-0.2, -0.15) is 4.99 Å². The molecule has 0 aromatic carbocycles. The molecule has 56 valence electrons. The Labute approximate surface area is 67.2 Å². The van der Waals surface area contributed by atoms with Crippen molar-refractivity contribution in [3.63, 3.8) is 0 Å². The van der Waals surface area contributed by atoms with Crippen LogP contribution in [0.4, 0.5) is 5.69 Å². The summed E-state index contributed by atoms with van der Waals surface area (Å²) in [6.07, 6.45) is 0. The number of aromatic hydroxyl groups is 1. The third-order valence-electron chi connectivity index (χ3n) is 0.990. The van der Waals surface area contributed by atoms with Gasteiger partial charge in [-0.1, -0.05) is 0 Å². The summed E-state index contributed by atoms with van der Waals surface area (Å²) in [5.41, 5.74) is -0.129. The van der Waals surface area contributed by atoms with Gasteiger partial charge in [0.05, 0.1) is 10.8 Å². The van der Waals surface area contributed by atoms with Crippen molar-refractivity contribution in [2.75, 3.05) is 0 Å². The first-order chi connectivity index (χ1) is 5.22. The standard InChI is InChI=1S/C6H4N2O2S/c9-5-1-4(7-3-11)2-6(10)8-5/h1-2H,(H2,8,9,10). The van der Waals surface area contributed by atoms with E-state index in [4.69, 9.17) is 5.11 Å². The van der Waals surface area contributed by atoms with E-state index in [1.807, 2.05) is 0 Å². The van der Waals surface area contributed by atoms with Gasteiger partial charge in [0.1, 0.15) is 0 Å². The topological polar surface area (TPSA) is 65.4 Å². The number of rotatable bonds is 1. The molecule has 2 N–H and O–H groups in total. The monoisotopic (exact) mass is 168 g/mol. The number of thiocarbonyl (C=S) groups is 1. The lowest BCUT2D eigenvalue weighted by molar-refractivity contribution is 0.452. The van der Waals surface area contributed by atoms with E-state index in [1.165, 1.54) is 12.1 Å². The molecule has 0 aliphatic rings. The van der Waals surface area contributed by atoms with E-state index in [1.54, 1.807) is 0 Å². The minimum absolute atomic E-state index is 0.235. The van der Waals surface area contributed by atoms with Crippen LogP contribution in [0.2, 0.25) is 0 Å². The van der Waals surface area contributed by atoms with E-state index in [0.29, 0.717) is 5.69 Å². The number of nitrogens with one attached hydrogen (secondary N) is 1. The quantitative estimate of drug-likeness (QED) is 0.482. The lowest BCUT2D eigenvalue weighted by Crippen LogP contribution is -2.01. The number of nitrogens with zero attached hydrogens (tertiary/aromatic N) is 1. The zero-order valence-corrected chi connectivity index (χ0v) is 6.18. The van der Waals surface area contributed by atoms with E-state index in [0.717, 1.165) is 0 Å². The van der Waals surface area contributed by atoms with E-state index < -0.39 is 5.56 Å². The van der Waals surface area contributed by atoms with Gasteiger partial charge in [-0.15, -0.1) is 0 Å². The Bertz CT molecular complexity index is 365. The van der Waals surface area contributed by atoms with E-state index in [-0.39, 0.29) is 5.88 Å². The molecule has 0 spiro atoms. The summed E-state index contributed by atoms with van der Waals surface area (Å²) in [5.74, 6) is -0.235. The summed E-state index contributed by atoms with van der Waals surface area (Å²) in [5, 5.41) is 10.9. The van der Waals surface area contributed by atoms with Gasteiger partial charge in [0.25, 0.3) is 5.56 Å². The zero-order valence-electron chi connectivity index (χ0n) is 5.37. The van der Waals surface area contributed by atoms with Gasteiger partial charge >= 0.3 is 0 Å². The fourth-order valence-electron chi connectivity index (χ4n) is 0.632. The maximum atomic E-state index is 10.6. The Morgan fingerprint density at radius 1 is 1.64 bits per heavy atom. The highest BCUT2D eigenvalue weighted by atomic mass is 32.1. The molecule has 1 rings (SSSR count). The first-order valence-corrected chi connectivity index (χ1v) is 3.14. The Morgan fingerprint density at radius 3 is 2.91 bits per heavy atom. The van der Waals surface area contributed by atoms with E-state index in [9.17, 15) is 4.79 Å². The highest BCUT2D eigenvalue weighted by Gasteiger charge is 1.93. The second-order valence-electron chi connectivity index (χ2n) is 1.79. The molecule has 0 unspecified atom stereocenters. The maximum absolute atomic E-state index is 10.6. The number of hydrogen-bond acceptors (Lipinski definition) is 4. The zero-order chi connectivity index (χ0) is 8.27. The van der Waals surface area contributed by atoms with E-state index >= 15 is 0 Å². The Morgan fingerprint density at radius 2 is 2.36 bits per heavy atom. The lowest BCUT2D eigenvalue weighted by Gasteiger charge is -1.90. The van der Waals surface area contributed by atoms with Crippen molar-refractivity contribution in [1.29, 1.82) is 0 Å². The molecule has 0 fully saturated rings. The predicted molar refractivity (Wildman–Crippen MR) is 43.4 cm³/mol. The second-order valence-corrected chi connectivity index (χ2v) is 1.97. The SMILES string of the molecule is O=c1cc(N=C=S)cc(O)[nH]1. The molecule has 1 aromatic heterocycles. The van der Waals surface area contributed by atoms with Gasteiger partial charge < -0.3 is 5.11 Å². The summed E-state index contributed by atoms with van der Waals surface area (Å²) in [7, 11) is 0. The molecule has 0 saturated carbocycles. The van der Waals surface area contributed by atoms with Crippen LogP contribution in [0, 0.1) is 0 Å². The highest BCUT2D eigenvalue weighted by Crippen LogP contribution is 2.11. The van der Waals surface area contributed by atoms with Crippen molar-refractivity contribution >= 4 is 23.1 Å². The largest absolute Gasteiger partial charge is 0.494 e. The molecule has 11 heavy (non-hydrogen) atoms. The molecule has 1 aromatic rings. The highest BCUT2D eigenvalue weighted by molar-refractivity contribution is 7.78. The summed E-state index contributed by atoms with van der Waals surface area (Å²) < 4.78 is 0. The van der Waals surface area contributed by atoms with Gasteiger partial charge in [0, 0.05) is 12.1 Å². The number of pyridine rings is 1. The summed E-state index contributed by atoms with van der Waals surface area (Å²) >= 11 is 4.31. The van der Waals surface area contributed by atoms with Crippen LogP contribution in [0.5, 0.6) is 5.88 Å². The molecule has 1 heterocycles. The molecule has 0 atom stereocenters. The molecule has 4 nitrogen and oxygen atoms in total. The van der Waals surface area contributed by atoms with Crippen molar-refractivity contribution < 1.29 is 5.11 Å². The molecule has 0 bridgehead atoms. The number of aliphatic imine (C=N–C) groups is 1. The average molecular weight is 168 g/mol. The Balaban J connectivity index is 3.29. The molecule has 0 radical (unpaired) electrons. The number of H-pyrrole nitrogens is 1. The summed E-state index contributed by atoms with van der Waals surface area (Å²) in [6, 6.07) is 2.49. The number of aromatic amines is 1. The van der Waals surface area contributed by atoms with E-state index in [2.05, 4.69) is 27.4 Å². The molecule has 0 saturated heterocycles. The number of isothiocyanates is 1. The number of hydrogen-bond donors (Lipinski definition) is 2. The first-order valence-electron chi connectivity index (χ1n) is 2.73. The van der Waals surface area contributed by atoms with Crippen LogP contribution in [-0.2, 0) is 0 Å². The van der Waals surface area contributed by atoms with Gasteiger partial charge in [-0.3, -0.25) is 9.78 Å². The van der Waals surface area contributed by atoms with Crippen LogP contribution < -0.4 is 5.56 Å². The van der Waals surface area contributed by atoms with Crippen molar-refractivity contribution in [1.82, 2.24) is 4.98 Å². The minimum Gasteiger partial charge on any atom is -0.494 e. The maximum Gasteiger partial charge on any atom is 0.252 e. The fraction of sp³-hybridized carbons (Fsp3) is 0. The molecule has 0 amide bonds. The Hall–Kier alpha value is -1.45. The molecule has 0 aliphatic carbocycles. The predicted octanol–water partition coefficient (Wildman–Crippen LogP) is 0.815. The number of aromatic nitrogens is 1. The Kier molecular flexibility index (Phi) is 2.15. The van der Waals surface area contributed by atoms with Crippen molar-refractivity contribution in [2.45, 2.75) is 0 Å². The third-order valence-corrected chi connectivity index (χ3v) is 1.08. The van der Waals surface area contributed by atoms with Crippen LogP contribution >= 0.6 is 12.2 Å². The third kappa shape index (κ3) is 2.00. The normalized spacial score (nSPS) is 8.73. The molecular formula is C6H4N2O2S. The van der Waals surface area contributed by atoms with Gasteiger partial charge in [-0.05, 0) is 12.2 Å². The van der Waals surface area contributed by atoms with Gasteiger partial charge in [0.15, 0.2) is 5.88 Å². The van der Waals surface area contributed by atoms with Crippen LogP contribution in [0.1, 0.15) is 0 Å². The van der Waals surface area contributed by atoms with Crippen molar-refractivity contribution in [2.24, 2.45) is 4.99 Å². The second kappa shape index (κ2) is 3.09. The van der Waals surface area contributed by atoms with Gasteiger partial charge in [0.2, 0.25) is 0 Å². The van der Waals surface area contributed by atoms with Crippen LogP contribution in [0.25, 0.3) is 0 Å². The van der Waals surface area contributed by atoms with Crippen molar-refractivity contribution in [3.05, 3.63) is 22.5 Å². The van der Waals surface area contributed by atoms with Crippen LogP contribution in [0.3, 0.4) is 0 Å². The van der Waals surface area contributed by atoms with Crippen molar-refractivity contribution in [3.8, 4) is 5.88 Å².